The maximum absolute atomic E-state index is 10.3. The highest BCUT2D eigenvalue weighted by atomic mass is 35.5. The van der Waals surface area contributed by atoms with Gasteiger partial charge in [-0.1, -0.05) is 11.6 Å². The third-order valence-corrected chi connectivity index (χ3v) is 5.50. The van der Waals surface area contributed by atoms with Gasteiger partial charge in [0.2, 0.25) is 0 Å². The summed E-state index contributed by atoms with van der Waals surface area (Å²) in [7, 11) is 1.65. The number of furan rings is 1. The van der Waals surface area contributed by atoms with Crippen molar-refractivity contribution in [2.45, 2.75) is 38.9 Å². The normalized spacial score (nSPS) is 13.0. The molecular formula is C21H20BClNO3. The predicted octanol–water partition coefficient (Wildman–Crippen LogP) is 4.60. The van der Waals surface area contributed by atoms with Crippen LogP contribution in [0.4, 0.5) is 0 Å². The summed E-state index contributed by atoms with van der Waals surface area (Å²) in [5, 5.41) is 14.9. The van der Waals surface area contributed by atoms with Crippen molar-refractivity contribution in [2.75, 3.05) is 0 Å². The van der Waals surface area contributed by atoms with Gasteiger partial charge in [-0.25, -0.2) is 0 Å². The van der Waals surface area contributed by atoms with Gasteiger partial charge in [0, 0.05) is 39.6 Å². The van der Waals surface area contributed by atoms with Crippen LogP contribution in [0.15, 0.2) is 47.1 Å². The molecule has 0 saturated carbocycles. The van der Waals surface area contributed by atoms with E-state index in [0.717, 1.165) is 32.6 Å². The largest absolute Gasteiger partial charge is 0.456 e. The number of aromatic nitrogens is 1. The lowest BCUT2D eigenvalue weighted by Gasteiger charge is -2.37. The molecule has 6 heteroatoms. The van der Waals surface area contributed by atoms with Crippen LogP contribution in [0.5, 0.6) is 0 Å². The Morgan fingerprint density at radius 1 is 1.07 bits per heavy atom. The van der Waals surface area contributed by atoms with E-state index in [-0.39, 0.29) is 0 Å². The second kappa shape index (κ2) is 6.23. The molecule has 0 fully saturated rings. The molecule has 4 aromatic rings. The zero-order valence-corrected chi connectivity index (χ0v) is 16.5. The number of benzene rings is 2. The molecule has 0 unspecified atom stereocenters. The Hall–Kier alpha value is -2.08. The molecule has 1 N–H and O–H groups in total. The lowest BCUT2D eigenvalue weighted by molar-refractivity contribution is -0.0893. The maximum atomic E-state index is 10.3. The summed E-state index contributed by atoms with van der Waals surface area (Å²) in [5.74, 6) is 0. The van der Waals surface area contributed by atoms with E-state index in [9.17, 15) is 5.11 Å². The van der Waals surface area contributed by atoms with Crippen molar-refractivity contribution in [3.63, 3.8) is 0 Å². The van der Waals surface area contributed by atoms with Gasteiger partial charge in [0.25, 0.3) is 0 Å². The summed E-state index contributed by atoms with van der Waals surface area (Å²) in [4.78, 5) is 4.17. The second-order valence-corrected chi connectivity index (χ2v) is 8.28. The highest BCUT2D eigenvalue weighted by Crippen LogP contribution is 2.33. The van der Waals surface area contributed by atoms with Crippen LogP contribution in [0.25, 0.3) is 32.7 Å². The first kappa shape index (κ1) is 18.3. The summed E-state index contributed by atoms with van der Waals surface area (Å²) >= 11 is 6.30. The Kier molecular flexibility index (Phi) is 4.22. The number of aliphatic hydroxyl groups is 1. The Morgan fingerprint density at radius 2 is 1.85 bits per heavy atom. The molecule has 0 bridgehead atoms. The lowest BCUT2D eigenvalue weighted by atomic mass is 9.80. The average molecular weight is 381 g/mol. The zero-order valence-electron chi connectivity index (χ0n) is 15.7. The Morgan fingerprint density at radius 3 is 2.59 bits per heavy atom. The summed E-state index contributed by atoms with van der Waals surface area (Å²) < 4.78 is 12.0. The molecular weight excluding hydrogens is 361 g/mol. The standard InChI is InChI=1S/C21H20BClNO3/c1-20(2,25)21(3,4)27-22-16-9-14(23)10-18-19(16)15-7-12-5-6-24-11-13(12)8-17(15)26-18/h5-11,25H,1-4H3. The van der Waals surface area contributed by atoms with Gasteiger partial charge < -0.3 is 14.2 Å². The summed E-state index contributed by atoms with van der Waals surface area (Å²) in [5.41, 5.74) is 0.477. The van der Waals surface area contributed by atoms with Crippen LogP contribution in [-0.4, -0.2) is 28.8 Å². The van der Waals surface area contributed by atoms with E-state index in [4.69, 9.17) is 20.7 Å². The van der Waals surface area contributed by atoms with Gasteiger partial charge in [0.15, 0.2) is 0 Å². The Bertz CT molecular complexity index is 1160. The van der Waals surface area contributed by atoms with Gasteiger partial charge in [0.05, 0.1) is 11.2 Å². The molecule has 0 spiro atoms. The summed E-state index contributed by atoms with van der Waals surface area (Å²) in [6.07, 6.45) is 3.59. The highest BCUT2D eigenvalue weighted by molar-refractivity contribution is 6.54. The molecule has 4 rings (SSSR count). The van der Waals surface area contributed by atoms with Gasteiger partial charge in [-0.2, -0.15) is 0 Å². The van der Waals surface area contributed by atoms with Gasteiger partial charge >= 0.3 is 7.48 Å². The lowest BCUT2D eigenvalue weighted by Crippen LogP contribution is -2.49. The molecule has 0 aliphatic rings. The molecule has 0 amide bonds. The third kappa shape index (κ3) is 3.20. The molecule has 0 aliphatic heterocycles. The molecule has 27 heavy (non-hydrogen) atoms. The number of rotatable bonds is 4. The minimum atomic E-state index is -1.01. The number of pyridine rings is 1. The van der Waals surface area contributed by atoms with Crippen LogP contribution in [0.3, 0.4) is 0 Å². The van der Waals surface area contributed by atoms with E-state index in [1.807, 2.05) is 38.2 Å². The van der Waals surface area contributed by atoms with Crippen LogP contribution in [0.1, 0.15) is 27.7 Å². The monoisotopic (exact) mass is 380 g/mol. The fraction of sp³-hybridized carbons (Fsp3) is 0.286. The zero-order chi connectivity index (χ0) is 19.4. The van der Waals surface area contributed by atoms with E-state index in [1.165, 1.54) is 0 Å². The molecule has 2 heterocycles. The third-order valence-electron chi connectivity index (χ3n) is 5.28. The number of hydrogen-bond donors (Lipinski definition) is 1. The van der Waals surface area contributed by atoms with Crippen molar-refractivity contribution >= 4 is 57.3 Å². The molecule has 0 atom stereocenters. The van der Waals surface area contributed by atoms with Gasteiger partial charge in [0.1, 0.15) is 11.2 Å². The van der Waals surface area contributed by atoms with Gasteiger partial charge in [-0.3, -0.25) is 4.98 Å². The molecule has 1 radical (unpaired) electrons. The van der Waals surface area contributed by atoms with Crippen LogP contribution >= 0.6 is 11.6 Å². The van der Waals surface area contributed by atoms with Gasteiger partial charge in [-0.05, 0) is 62.8 Å². The highest BCUT2D eigenvalue weighted by Gasteiger charge is 2.36. The number of nitrogens with zero attached hydrogens (tertiary/aromatic N) is 1. The molecule has 2 aromatic carbocycles. The number of hydrogen-bond acceptors (Lipinski definition) is 4. The smallest absolute Gasteiger partial charge is 0.331 e. The first-order valence-electron chi connectivity index (χ1n) is 8.79. The van der Waals surface area contributed by atoms with E-state index in [2.05, 4.69) is 11.1 Å². The second-order valence-electron chi connectivity index (χ2n) is 7.85. The van der Waals surface area contributed by atoms with Gasteiger partial charge in [-0.15, -0.1) is 0 Å². The van der Waals surface area contributed by atoms with E-state index >= 15 is 0 Å². The first-order valence-corrected chi connectivity index (χ1v) is 9.16. The summed E-state index contributed by atoms with van der Waals surface area (Å²) in [6, 6.07) is 9.69. The minimum absolute atomic E-state index is 0.559. The first-order chi connectivity index (χ1) is 12.7. The predicted molar refractivity (Wildman–Crippen MR) is 111 cm³/mol. The quantitative estimate of drug-likeness (QED) is 0.526. The van der Waals surface area contributed by atoms with E-state index in [0.29, 0.717) is 10.6 Å². The topological polar surface area (TPSA) is 55.5 Å². The fourth-order valence-electron chi connectivity index (χ4n) is 2.93. The van der Waals surface area contributed by atoms with Crippen LogP contribution in [0.2, 0.25) is 5.02 Å². The Labute approximate surface area is 163 Å². The van der Waals surface area contributed by atoms with E-state index in [1.54, 1.807) is 33.6 Å². The fourth-order valence-corrected chi connectivity index (χ4v) is 3.15. The molecule has 2 aromatic heterocycles. The average Bonchev–Trinajstić information content (AvgIpc) is 2.93. The molecule has 0 aliphatic carbocycles. The van der Waals surface area contributed by atoms with Crippen molar-refractivity contribution in [3.05, 3.63) is 47.7 Å². The van der Waals surface area contributed by atoms with Crippen LogP contribution < -0.4 is 5.46 Å². The van der Waals surface area contributed by atoms with E-state index < -0.39 is 11.2 Å². The van der Waals surface area contributed by atoms with Crippen LogP contribution in [0, 0.1) is 0 Å². The molecule has 137 valence electrons. The van der Waals surface area contributed by atoms with Crippen molar-refractivity contribution in [3.8, 4) is 0 Å². The molecule has 0 saturated heterocycles. The Balaban J connectivity index is 1.88. The van der Waals surface area contributed by atoms with Crippen molar-refractivity contribution in [2.24, 2.45) is 0 Å². The summed E-state index contributed by atoms with van der Waals surface area (Å²) in [6.45, 7) is 7.14. The SMILES string of the molecule is CC(C)(O)C(C)(C)O[B]c1cc(Cl)cc2oc3cc4cnccc4cc3c12. The van der Waals surface area contributed by atoms with Crippen molar-refractivity contribution < 1.29 is 14.2 Å². The number of halogens is 1. The number of fused-ring (bicyclic) bond motifs is 4. The maximum Gasteiger partial charge on any atom is 0.331 e. The molecule has 4 nitrogen and oxygen atoms in total. The minimum Gasteiger partial charge on any atom is -0.456 e. The van der Waals surface area contributed by atoms with Crippen molar-refractivity contribution in [1.29, 1.82) is 0 Å². The van der Waals surface area contributed by atoms with Crippen LogP contribution in [-0.2, 0) is 4.65 Å². The van der Waals surface area contributed by atoms with Crippen molar-refractivity contribution in [1.82, 2.24) is 4.98 Å².